The third-order valence-electron chi connectivity index (χ3n) is 3.87. The molecule has 1 aliphatic heterocycles. The standard InChI is InChI=1S/C17H26N2O6S/c1-12(2)16(17(20)18-7-10-23-3)19-26(21,22)13-5-6-14-15(11-13)25-9-4-8-24-14/h5-6,11-12,16,19H,4,7-10H2,1-3H3,(H,18,20). The minimum absolute atomic E-state index is 0.0251. The average molecular weight is 386 g/mol. The van der Waals surface area contributed by atoms with Crippen LogP contribution in [0.5, 0.6) is 11.5 Å². The van der Waals surface area contributed by atoms with Gasteiger partial charge in [0, 0.05) is 26.1 Å². The molecule has 0 saturated heterocycles. The molecule has 1 aliphatic rings. The fourth-order valence-corrected chi connectivity index (χ4v) is 3.78. The summed E-state index contributed by atoms with van der Waals surface area (Å²) in [5.41, 5.74) is 0. The molecule has 0 bridgehead atoms. The van der Waals surface area contributed by atoms with E-state index in [0.717, 1.165) is 6.42 Å². The number of ether oxygens (including phenoxy) is 3. The number of benzene rings is 1. The third-order valence-corrected chi connectivity index (χ3v) is 5.30. The van der Waals surface area contributed by atoms with Gasteiger partial charge in [0.05, 0.1) is 24.7 Å². The molecule has 1 aromatic carbocycles. The molecule has 0 fully saturated rings. The second kappa shape index (κ2) is 9.20. The Hall–Kier alpha value is -1.84. The van der Waals surface area contributed by atoms with Crippen molar-refractivity contribution < 1.29 is 27.4 Å². The Kier molecular flexibility index (Phi) is 7.24. The zero-order valence-corrected chi connectivity index (χ0v) is 16.1. The van der Waals surface area contributed by atoms with Crippen LogP contribution < -0.4 is 19.5 Å². The molecule has 9 heteroatoms. The third kappa shape index (κ3) is 5.33. The monoisotopic (exact) mass is 386 g/mol. The van der Waals surface area contributed by atoms with E-state index < -0.39 is 22.0 Å². The molecule has 146 valence electrons. The van der Waals surface area contributed by atoms with Gasteiger partial charge in [-0.2, -0.15) is 4.72 Å². The average Bonchev–Trinajstić information content (AvgIpc) is 2.84. The fraction of sp³-hybridized carbons (Fsp3) is 0.588. The van der Waals surface area contributed by atoms with Crippen molar-refractivity contribution in [2.75, 3.05) is 33.5 Å². The number of rotatable bonds is 8. The molecule has 1 aromatic rings. The highest BCUT2D eigenvalue weighted by molar-refractivity contribution is 7.89. The van der Waals surface area contributed by atoms with Crippen LogP contribution in [0.1, 0.15) is 20.3 Å². The van der Waals surface area contributed by atoms with Gasteiger partial charge in [0.25, 0.3) is 0 Å². The number of methoxy groups -OCH3 is 1. The molecule has 1 heterocycles. The van der Waals surface area contributed by atoms with Crippen LogP contribution in [-0.2, 0) is 19.6 Å². The van der Waals surface area contributed by atoms with Gasteiger partial charge in [-0.05, 0) is 18.1 Å². The summed E-state index contributed by atoms with van der Waals surface area (Å²) in [5, 5.41) is 2.66. The smallest absolute Gasteiger partial charge is 0.241 e. The lowest BCUT2D eigenvalue weighted by Gasteiger charge is -2.22. The summed E-state index contributed by atoms with van der Waals surface area (Å²) < 4.78 is 43.9. The minimum atomic E-state index is -3.90. The normalized spacial score (nSPS) is 15.4. The molecule has 0 radical (unpaired) electrons. The van der Waals surface area contributed by atoms with E-state index in [9.17, 15) is 13.2 Å². The first-order chi connectivity index (χ1) is 12.3. The first-order valence-electron chi connectivity index (χ1n) is 8.54. The molecular formula is C17H26N2O6S. The van der Waals surface area contributed by atoms with E-state index in [-0.39, 0.29) is 10.8 Å². The van der Waals surface area contributed by atoms with Crippen molar-refractivity contribution in [3.63, 3.8) is 0 Å². The molecular weight excluding hydrogens is 360 g/mol. The number of carbonyl (C=O) groups excluding carboxylic acids is 1. The molecule has 2 rings (SSSR count). The van der Waals surface area contributed by atoms with Crippen LogP contribution in [0.15, 0.2) is 23.1 Å². The van der Waals surface area contributed by atoms with Gasteiger partial charge in [0.1, 0.15) is 6.04 Å². The van der Waals surface area contributed by atoms with E-state index in [1.54, 1.807) is 19.9 Å². The molecule has 8 nitrogen and oxygen atoms in total. The van der Waals surface area contributed by atoms with Crippen LogP contribution >= 0.6 is 0 Å². The van der Waals surface area contributed by atoms with Crippen LogP contribution in [0, 0.1) is 5.92 Å². The molecule has 1 unspecified atom stereocenters. The van der Waals surface area contributed by atoms with Gasteiger partial charge in [-0.1, -0.05) is 13.8 Å². The first kappa shape index (κ1) is 20.5. The number of nitrogens with one attached hydrogen (secondary N) is 2. The van der Waals surface area contributed by atoms with Gasteiger partial charge in [-0.15, -0.1) is 0 Å². The lowest BCUT2D eigenvalue weighted by Crippen LogP contribution is -2.50. The Morgan fingerprint density at radius 2 is 1.92 bits per heavy atom. The van der Waals surface area contributed by atoms with Gasteiger partial charge in [-0.25, -0.2) is 8.42 Å². The predicted octanol–water partition coefficient (Wildman–Crippen LogP) is 0.913. The number of hydrogen-bond donors (Lipinski definition) is 2. The maximum atomic E-state index is 12.7. The van der Waals surface area contributed by atoms with Crippen molar-refractivity contribution in [3.8, 4) is 11.5 Å². The van der Waals surface area contributed by atoms with E-state index in [2.05, 4.69) is 10.0 Å². The highest BCUT2D eigenvalue weighted by Crippen LogP contribution is 2.32. The van der Waals surface area contributed by atoms with Gasteiger partial charge >= 0.3 is 0 Å². The number of sulfonamides is 1. The summed E-state index contributed by atoms with van der Waals surface area (Å²) in [6.07, 6.45) is 0.728. The van der Waals surface area contributed by atoms with E-state index in [1.165, 1.54) is 19.2 Å². The molecule has 1 amide bonds. The Morgan fingerprint density at radius 1 is 1.23 bits per heavy atom. The number of hydrogen-bond acceptors (Lipinski definition) is 6. The summed E-state index contributed by atoms with van der Waals surface area (Å²) in [5.74, 6) is 0.276. The van der Waals surface area contributed by atoms with Crippen molar-refractivity contribution >= 4 is 15.9 Å². The molecule has 0 aliphatic carbocycles. The quantitative estimate of drug-likeness (QED) is 0.644. The highest BCUT2D eigenvalue weighted by atomic mass is 32.2. The van der Waals surface area contributed by atoms with Crippen LogP contribution in [-0.4, -0.2) is 53.8 Å². The Balaban J connectivity index is 2.17. The largest absolute Gasteiger partial charge is 0.490 e. The maximum absolute atomic E-state index is 12.7. The summed E-state index contributed by atoms with van der Waals surface area (Å²) in [6, 6.07) is 3.53. The van der Waals surface area contributed by atoms with E-state index in [1.807, 2.05) is 0 Å². The second-order valence-electron chi connectivity index (χ2n) is 6.29. The molecule has 0 saturated carbocycles. The molecule has 2 N–H and O–H groups in total. The van der Waals surface area contributed by atoms with Crippen molar-refractivity contribution in [1.29, 1.82) is 0 Å². The van der Waals surface area contributed by atoms with Crippen LogP contribution in [0.3, 0.4) is 0 Å². The molecule has 0 aromatic heterocycles. The van der Waals surface area contributed by atoms with E-state index in [0.29, 0.717) is 37.9 Å². The summed E-state index contributed by atoms with van der Waals surface area (Å²) in [7, 11) is -2.38. The summed E-state index contributed by atoms with van der Waals surface area (Å²) in [6.45, 7) is 5.19. The van der Waals surface area contributed by atoms with Crippen LogP contribution in [0.4, 0.5) is 0 Å². The number of amides is 1. The van der Waals surface area contributed by atoms with Crippen molar-refractivity contribution in [1.82, 2.24) is 10.0 Å². The molecule has 1 atom stereocenters. The fourth-order valence-electron chi connectivity index (χ4n) is 2.42. The van der Waals surface area contributed by atoms with Gasteiger partial charge in [0.15, 0.2) is 11.5 Å². The van der Waals surface area contributed by atoms with Crippen molar-refractivity contribution in [3.05, 3.63) is 18.2 Å². The Bertz CT molecular complexity index is 720. The minimum Gasteiger partial charge on any atom is -0.490 e. The lowest BCUT2D eigenvalue weighted by atomic mass is 10.1. The SMILES string of the molecule is COCCNC(=O)C(NS(=O)(=O)c1ccc2c(c1)OCCCO2)C(C)C. The summed E-state index contributed by atoms with van der Waals surface area (Å²) >= 11 is 0. The maximum Gasteiger partial charge on any atom is 0.241 e. The molecule has 26 heavy (non-hydrogen) atoms. The topological polar surface area (TPSA) is 103 Å². The Labute approximate surface area is 154 Å². The van der Waals surface area contributed by atoms with Gasteiger partial charge in [-0.3, -0.25) is 4.79 Å². The summed E-state index contributed by atoms with van der Waals surface area (Å²) in [4.78, 5) is 12.3. The van der Waals surface area contributed by atoms with Crippen LogP contribution in [0.2, 0.25) is 0 Å². The number of carbonyl (C=O) groups is 1. The van der Waals surface area contributed by atoms with E-state index in [4.69, 9.17) is 14.2 Å². The Morgan fingerprint density at radius 3 is 2.58 bits per heavy atom. The zero-order valence-electron chi connectivity index (χ0n) is 15.3. The highest BCUT2D eigenvalue weighted by Gasteiger charge is 2.29. The zero-order chi connectivity index (χ0) is 19.2. The number of fused-ring (bicyclic) bond motifs is 1. The lowest BCUT2D eigenvalue weighted by molar-refractivity contribution is -0.123. The molecule has 0 spiro atoms. The van der Waals surface area contributed by atoms with Gasteiger partial charge in [0.2, 0.25) is 15.9 Å². The predicted molar refractivity (Wildman–Crippen MR) is 95.9 cm³/mol. The van der Waals surface area contributed by atoms with E-state index >= 15 is 0 Å². The first-order valence-corrected chi connectivity index (χ1v) is 10.0. The van der Waals surface area contributed by atoms with Crippen molar-refractivity contribution in [2.24, 2.45) is 5.92 Å². The second-order valence-corrected chi connectivity index (χ2v) is 8.00. The van der Waals surface area contributed by atoms with Gasteiger partial charge < -0.3 is 19.5 Å². The van der Waals surface area contributed by atoms with Crippen molar-refractivity contribution in [2.45, 2.75) is 31.2 Å². The van der Waals surface area contributed by atoms with Crippen LogP contribution in [0.25, 0.3) is 0 Å².